The quantitative estimate of drug-likeness (QED) is 0.729. The first-order valence-corrected chi connectivity index (χ1v) is 8.52. The summed E-state index contributed by atoms with van der Waals surface area (Å²) in [4.78, 5) is 20.6. The molecular weight excluding hydrogens is 318 g/mol. The summed E-state index contributed by atoms with van der Waals surface area (Å²) in [6.45, 7) is 3.29. The summed E-state index contributed by atoms with van der Waals surface area (Å²) in [5, 5.41) is 8.87. The Morgan fingerprint density at radius 2 is 2.12 bits per heavy atom. The predicted molar refractivity (Wildman–Crippen MR) is 95.2 cm³/mol. The maximum atomic E-state index is 11.8. The molecule has 2 heterocycles. The van der Waals surface area contributed by atoms with Crippen LogP contribution in [0.25, 0.3) is 11.3 Å². The zero-order valence-corrected chi connectivity index (χ0v) is 14.1. The number of nitrogens with one attached hydrogen (secondary N) is 3. The first-order valence-electron chi connectivity index (χ1n) is 8.52. The summed E-state index contributed by atoms with van der Waals surface area (Å²) >= 11 is 0. The lowest BCUT2D eigenvalue weighted by Gasteiger charge is -2.23. The molecule has 25 heavy (non-hydrogen) atoms. The molecule has 2 amide bonds. The minimum absolute atomic E-state index is 0.0328. The van der Waals surface area contributed by atoms with E-state index >= 15 is 0 Å². The maximum Gasteiger partial charge on any atom is 0.314 e. The minimum atomic E-state index is -0.201. The summed E-state index contributed by atoms with van der Waals surface area (Å²) in [7, 11) is 0. The van der Waals surface area contributed by atoms with Crippen molar-refractivity contribution in [1.29, 1.82) is 0 Å². The predicted octanol–water partition coefficient (Wildman–Crippen LogP) is 0.974. The zero-order chi connectivity index (χ0) is 17.3. The van der Waals surface area contributed by atoms with Gasteiger partial charge in [0.05, 0.1) is 18.4 Å². The molecule has 7 heteroatoms. The molecule has 2 aromatic rings. The van der Waals surface area contributed by atoms with Crippen LogP contribution in [0.5, 0.6) is 0 Å². The average molecular weight is 341 g/mol. The number of amides is 2. The maximum absolute atomic E-state index is 11.8. The third-order valence-corrected chi connectivity index (χ3v) is 3.90. The lowest BCUT2D eigenvalue weighted by atomic mass is 10.1. The Hall–Kier alpha value is -2.51. The number of carbonyl (C=O) groups excluding carboxylic acids is 1. The van der Waals surface area contributed by atoms with Crippen LogP contribution >= 0.6 is 0 Å². The van der Waals surface area contributed by atoms with E-state index in [2.05, 4.69) is 25.9 Å². The highest BCUT2D eigenvalue weighted by Crippen LogP contribution is 2.15. The van der Waals surface area contributed by atoms with Gasteiger partial charge in [-0.3, -0.25) is 0 Å². The monoisotopic (exact) mass is 341 g/mol. The van der Waals surface area contributed by atoms with E-state index in [1.807, 2.05) is 36.4 Å². The van der Waals surface area contributed by atoms with Crippen LogP contribution in [0.1, 0.15) is 5.82 Å². The molecule has 1 unspecified atom stereocenters. The number of rotatable bonds is 6. The lowest BCUT2D eigenvalue weighted by molar-refractivity contribution is 0.0307. The Balaban J connectivity index is 1.42. The molecule has 1 saturated heterocycles. The van der Waals surface area contributed by atoms with E-state index in [4.69, 9.17) is 4.74 Å². The van der Waals surface area contributed by atoms with Gasteiger partial charge < -0.3 is 20.7 Å². The number of hydrogen-bond acceptors (Lipinski definition) is 5. The van der Waals surface area contributed by atoms with Crippen LogP contribution in [-0.4, -0.2) is 54.9 Å². The molecule has 0 bridgehead atoms. The highest BCUT2D eigenvalue weighted by molar-refractivity contribution is 5.73. The van der Waals surface area contributed by atoms with Crippen LogP contribution in [0.3, 0.4) is 0 Å². The van der Waals surface area contributed by atoms with Crippen LogP contribution in [0.4, 0.5) is 4.79 Å². The van der Waals surface area contributed by atoms with Crippen molar-refractivity contribution in [3.8, 4) is 11.3 Å². The van der Waals surface area contributed by atoms with Gasteiger partial charge in [0.2, 0.25) is 0 Å². The molecule has 1 aromatic heterocycles. The third-order valence-electron chi connectivity index (χ3n) is 3.90. The molecule has 1 atom stereocenters. The zero-order valence-electron chi connectivity index (χ0n) is 14.1. The topological polar surface area (TPSA) is 88.2 Å². The van der Waals surface area contributed by atoms with Crippen LogP contribution < -0.4 is 16.0 Å². The van der Waals surface area contributed by atoms with Crippen molar-refractivity contribution in [3.05, 3.63) is 48.4 Å². The molecule has 1 aliphatic heterocycles. The molecule has 1 aromatic carbocycles. The first kappa shape index (κ1) is 17.3. The molecule has 1 fully saturated rings. The number of carbonyl (C=O) groups is 1. The largest absolute Gasteiger partial charge is 0.374 e. The molecule has 1 aliphatic rings. The number of nitrogens with zero attached hydrogens (tertiary/aromatic N) is 2. The fourth-order valence-corrected chi connectivity index (χ4v) is 2.60. The van der Waals surface area contributed by atoms with Gasteiger partial charge in [0.15, 0.2) is 0 Å². The van der Waals surface area contributed by atoms with Gasteiger partial charge in [-0.05, 0) is 6.07 Å². The number of morpholine rings is 1. The van der Waals surface area contributed by atoms with E-state index in [9.17, 15) is 4.79 Å². The summed E-state index contributed by atoms with van der Waals surface area (Å²) in [5.41, 5.74) is 1.94. The highest BCUT2D eigenvalue weighted by atomic mass is 16.5. The molecule has 132 valence electrons. The van der Waals surface area contributed by atoms with Gasteiger partial charge in [-0.2, -0.15) is 0 Å². The third kappa shape index (κ3) is 5.51. The van der Waals surface area contributed by atoms with Crippen LogP contribution in [0.15, 0.2) is 42.6 Å². The lowest BCUT2D eigenvalue weighted by Crippen LogP contribution is -2.47. The number of hydrogen-bond donors (Lipinski definition) is 3. The molecular formula is C18H23N5O2. The summed E-state index contributed by atoms with van der Waals surface area (Å²) < 4.78 is 5.53. The fourth-order valence-electron chi connectivity index (χ4n) is 2.60. The minimum Gasteiger partial charge on any atom is -0.374 e. The van der Waals surface area contributed by atoms with Crippen molar-refractivity contribution in [3.63, 3.8) is 0 Å². The van der Waals surface area contributed by atoms with Gasteiger partial charge in [-0.15, -0.1) is 0 Å². The Kier molecular flexibility index (Phi) is 6.30. The number of aromatic nitrogens is 2. The SMILES string of the molecule is O=C(NCCc1nccc(-c2ccccc2)n1)NCC1CNCCO1. The summed E-state index contributed by atoms with van der Waals surface area (Å²) in [5.74, 6) is 0.710. The summed E-state index contributed by atoms with van der Waals surface area (Å²) in [6.07, 6.45) is 2.36. The van der Waals surface area contributed by atoms with E-state index in [0.717, 1.165) is 24.3 Å². The van der Waals surface area contributed by atoms with Crippen molar-refractivity contribution < 1.29 is 9.53 Å². The van der Waals surface area contributed by atoms with Crippen LogP contribution in [0, 0.1) is 0 Å². The summed E-state index contributed by atoms with van der Waals surface area (Å²) in [6, 6.07) is 11.6. The van der Waals surface area contributed by atoms with Gasteiger partial charge in [0.1, 0.15) is 5.82 Å². The van der Waals surface area contributed by atoms with E-state index < -0.39 is 0 Å². The van der Waals surface area contributed by atoms with Gasteiger partial charge in [0, 0.05) is 44.4 Å². The van der Waals surface area contributed by atoms with E-state index in [1.165, 1.54) is 0 Å². The van der Waals surface area contributed by atoms with Crippen LogP contribution in [0.2, 0.25) is 0 Å². The average Bonchev–Trinajstić information content (AvgIpc) is 2.68. The Bertz CT molecular complexity index is 674. The standard InChI is InChI=1S/C18H23N5O2/c24-18(22-13-15-12-19-10-11-25-15)21-9-7-17-20-8-6-16(23-17)14-4-2-1-3-5-14/h1-6,8,15,19H,7,9-13H2,(H2,21,22,24). The van der Waals surface area contributed by atoms with Gasteiger partial charge >= 0.3 is 6.03 Å². The van der Waals surface area contributed by atoms with Gasteiger partial charge in [-0.25, -0.2) is 14.8 Å². The smallest absolute Gasteiger partial charge is 0.314 e. The van der Waals surface area contributed by atoms with Gasteiger partial charge in [0.25, 0.3) is 0 Å². The van der Waals surface area contributed by atoms with Crippen LogP contribution in [-0.2, 0) is 11.2 Å². The van der Waals surface area contributed by atoms with E-state index in [0.29, 0.717) is 31.9 Å². The van der Waals surface area contributed by atoms with Crippen molar-refractivity contribution in [1.82, 2.24) is 25.9 Å². The second-order valence-electron chi connectivity index (χ2n) is 5.81. The molecule has 0 saturated carbocycles. The molecule has 7 nitrogen and oxygen atoms in total. The molecule has 3 rings (SSSR count). The Morgan fingerprint density at radius 3 is 2.92 bits per heavy atom. The fraction of sp³-hybridized carbons (Fsp3) is 0.389. The van der Waals surface area contributed by atoms with Crippen molar-refractivity contribution >= 4 is 6.03 Å². The molecule has 3 N–H and O–H groups in total. The van der Waals surface area contributed by atoms with E-state index in [-0.39, 0.29) is 12.1 Å². The highest BCUT2D eigenvalue weighted by Gasteiger charge is 2.13. The molecule has 0 spiro atoms. The second-order valence-corrected chi connectivity index (χ2v) is 5.81. The number of ether oxygens (including phenoxy) is 1. The normalized spacial score (nSPS) is 17.0. The molecule has 0 radical (unpaired) electrons. The Morgan fingerprint density at radius 1 is 1.24 bits per heavy atom. The van der Waals surface area contributed by atoms with Crippen molar-refractivity contribution in [2.24, 2.45) is 0 Å². The number of benzene rings is 1. The van der Waals surface area contributed by atoms with Crippen molar-refractivity contribution in [2.75, 3.05) is 32.8 Å². The molecule has 0 aliphatic carbocycles. The van der Waals surface area contributed by atoms with Gasteiger partial charge in [-0.1, -0.05) is 30.3 Å². The second kappa shape index (κ2) is 9.10. The first-order chi connectivity index (χ1) is 12.3. The van der Waals surface area contributed by atoms with E-state index in [1.54, 1.807) is 6.20 Å². The Labute approximate surface area is 147 Å². The van der Waals surface area contributed by atoms with Crippen molar-refractivity contribution in [2.45, 2.75) is 12.5 Å². The number of urea groups is 1.